The average molecular weight is 394 g/mol. The van der Waals surface area contributed by atoms with Gasteiger partial charge in [0.1, 0.15) is 12.1 Å². The van der Waals surface area contributed by atoms with Crippen LogP contribution in [0.3, 0.4) is 0 Å². The molecule has 0 fully saturated rings. The molecule has 2 aromatic rings. The summed E-state index contributed by atoms with van der Waals surface area (Å²) in [6, 6.07) is 14.0. The van der Waals surface area contributed by atoms with Crippen molar-refractivity contribution in [2.45, 2.75) is 37.6 Å². The monoisotopic (exact) mass is 394 g/mol. The van der Waals surface area contributed by atoms with Gasteiger partial charge < -0.3 is 9.47 Å². The molecule has 1 aliphatic heterocycles. The lowest BCUT2D eigenvalue weighted by Gasteiger charge is -2.30. The fourth-order valence-corrected chi connectivity index (χ4v) is 3.88. The second-order valence-electron chi connectivity index (χ2n) is 7.51. The van der Waals surface area contributed by atoms with Crippen LogP contribution in [-0.4, -0.2) is 35.5 Å². The van der Waals surface area contributed by atoms with Crippen LogP contribution in [0.5, 0.6) is 0 Å². The van der Waals surface area contributed by atoms with Crippen molar-refractivity contribution < 1.29 is 19.2 Å². The average Bonchev–Trinajstić information content (AvgIpc) is 3.13. The van der Waals surface area contributed by atoms with Crippen molar-refractivity contribution in [3.05, 3.63) is 75.3 Å². The number of carbonyl (C=O) groups excluding carboxylic acids is 1. The number of hydrogen-bond acceptors (Lipinski definition) is 6. The number of fused-ring (bicyclic) bond motifs is 1. The van der Waals surface area contributed by atoms with Crippen LogP contribution in [0.15, 0.2) is 53.5 Å². The van der Waals surface area contributed by atoms with E-state index >= 15 is 0 Å². The van der Waals surface area contributed by atoms with Gasteiger partial charge in [-0.05, 0) is 42.5 Å². The van der Waals surface area contributed by atoms with E-state index in [0.29, 0.717) is 43.9 Å². The maximum absolute atomic E-state index is 11.9. The Labute approximate surface area is 168 Å². The van der Waals surface area contributed by atoms with Crippen molar-refractivity contribution in [2.75, 3.05) is 13.2 Å². The lowest BCUT2D eigenvalue weighted by molar-refractivity contribution is -0.384. The molecule has 7 heteroatoms. The molecule has 4 rings (SSSR count). The van der Waals surface area contributed by atoms with Crippen molar-refractivity contribution in [1.82, 2.24) is 0 Å². The number of ether oxygens (including phenoxy) is 2. The minimum atomic E-state index is -0.363. The van der Waals surface area contributed by atoms with Gasteiger partial charge in [-0.15, -0.1) is 0 Å². The van der Waals surface area contributed by atoms with E-state index in [4.69, 9.17) is 14.5 Å². The summed E-state index contributed by atoms with van der Waals surface area (Å²) < 4.78 is 11.1. The van der Waals surface area contributed by atoms with Crippen molar-refractivity contribution in [3.63, 3.8) is 0 Å². The Morgan fingerprint density at radius 1 is 1.21 bits per heavy atom. The zero-order chi connectivity index (χ0) is 20.3. The summed E-state index contributed by atoms with van der Waals surface area (Å²) in [5.41, 5.74) is 2.45. The highest BCUT2D eigenvalue weighted by molar-refractivity contribution is 5.89. The van der Waals surface area contributed by atoms with Crippen LogP contribution in [0, 0.1) is 10.1 Å². The van der Waals surface area contributed by atoms with Crippen LogP contribution in [-0.2, 0) is 22.3 Å². The molecule has 7 nitrogen and oxygen atoms in total. The molecule has 0 saturated heterocycles. The van der Waals surface area contributed by atoms with E-state index in [1.807, 2.05) is 12.1 Å². The highest BCUT2D eigenvalue weighted by Crippen LogP contribution is 2.36. The largest absolute Gasteiger partial charge is 0.478 e. The minimum absolute atomic E-state index is 0.115. The summed E-state index contributed by atoms with van der Waals surface area (Å²) in [6.07, 6.45) is 3.59. The Morgan fingerprint density at radius 3 is 2.83 bits per heavy atom. The van der Waals surface area contributed by atoms with E-state index in [1.165, 1.54) is 0 Å². The van der Waals surface area contributed by atoms with Crippen molar-refractivity contribution in [1.29, 1.82) is 0 Å². The molecule has 29 heavy (non-hydrogen) atoms. The number of esters is 1. The molecule has 1 heterocycles. The van der Waals surface area contributed by atoms with Gasteiger partial charge in [-0.3, -0.25) is 10.1 Å². The molecule has 0 aromatic heterocycles. The van der Waals surface area contributed by atoms with Crippen molar-refractivity contribution in [2.24, 2.45) is 4.99 Å². The van der Waals surface area contributed by atoms with Crippen molar-refractivity contribution >= 4 is 17.6 Å². The molecule has 0 bridgehead atoms. The number of rotatable bonds is 6. The summed E-state index contributed by atoms with van der Waals surface area (Å²) in [6.45, 7) is 0.798. The molecule has 1 aliphatic carbocycles. The van der Waals surface area contributed by atoms with Gasteiger partial charge in [0.25, 0.3) is 5.69 Å². The maximum Gasteiger partial charge on any atom is 0.338 e. The minimum Gasteiger partial charge on any atom is -0.478 e. The van der Waals surface area contributed by atoms with Gasteiger partial charge in [0.15, 0.2) is 5.90 Å². The lowest BCUT2D eigenvalue weighted by atomic mass is 9.79. The molecule has 0 saturated carbocycles. The second-order valence-corrected chi connectivity index (χ2v) is 7.51. The number of hydrogen-bond donors (Lipinski definition) is 0. The number of nitro benzene ring substituents is 1. The summed E-state index contributed by atoms with van der Waals surface area (Å²) in [5.74, 6) is 0.344. The molecular weight excluding hydrogens is 372 g/mol. The first kappa shape index (κ1) is 19.1. The Bertz CT molecular complexity index is 957. The van der Waals surface area contributed by atoms with Crippen LogP contribution in [0.25, 0.3) is 0 Å². The number of nitrogens with zero attached hydrogens (tertiary/aromatic N) is 2. The van der Waals surface area contributed by atoms with Crippen LogP contribution in [0.2, 0.25) is 0 Å². The first-order valence-corrected chi connectivity index (χ1v) is 9.75. The molecule has 1 spiro atoms. The van der Waals surface area contributed by atoms with Crippen LogP contribution < -0.4 is 0 Å². The van der Waals surface area contributed by atoms with E-state index < -0.39 is 0 Å². The van der Waals surface area contributed by atoms with E-state index in [1.54, 1.807) is 36.4 Å². The maximum atomic E-state index is 11.9. The second kappa shape index (κ2) is 8.03. The number of aryl methyl sites for hydroxylation is 1. The van der Waals surface area contributed by atoms with E-state index in [-0.39, 0.29) is 22.1 Å². The fraction of sp³-hybridized carbons (Fsp3) is 0.364. The molecule has 2 aromatic carbocycles. The topological polar surface area (TPSA) is 91.0 Å². The third kappa shape index (κ3) is 4.29. The number of aliphatic imine (C=N–C) groups is 1. The van der Waals surface area contributed by atoms with Gasteiger partial charge in [0, 0.05) is 25.0 Å². The van der Waals surface area contributed by atoms with E-state index in [2.05, 4.69) is 0 Å². The summed E-state index contributed by atoms with van der Waals surface area (Å²) in [4.78, 5) is 27.4. The smallest absolute Gasteiger partial charge is 0.338 e. The molecule has 150 valence electrons. The van der Waals surface area contributed by atoms with Crippen molar-refractivity contribution in [3.8, 4) is 0 Å². The van der Waals surface area contributed by atoms with E-state index in [9.17, 15) is 14.9 Å². The zero-order valence-electron chi connectivity index (χ0n) is 16.0. The van der Waals surface area contributed by atoms with Gasteiger partial charge >= 0.3 is 5.97 Å². The highest BCUT2D eigenvalue weighted by Gasteiger charge is 2.39. The molecule has 0 N–H and O–H groups in total. The molecule has 1 unspecified atom stereocenters. The number of non-ortho nitro benzene ring substituents is 1. The molecule has 0 radical (unpaired) electrons. The lowest BCUT2D eigenvalue weighted by Crippen LogP contribution is -2.35. The first-order valence-electron chi connectivity index (χ1n) is 9.75. The normalized spacial score (nSPS) is 19.9. The Kier molecular flexibility index (Phi) is 5.29. The van der Waals surface area contributed by atoms with Crippen LogP contribution in [0.4, 0.5) is 5.69 Å². The highest BCUT2D eigenvalue weighted by atomic mass is 16.6. The van der Waals surface area contributed by atoms with Gasteiger partial charge in [-0.2, -0.15) is 0 Å². The van der Waals surface area contributed by atoms with Gasteiger partial charge in [0.2, 0.25) is 0 Å². The molecular formula is C22H22N2O5. The van der Waals surface area contributed by atoms with E-state index in [0.717, 1.165) is 24.0 Å². The molecule has 0 amide bonds. The first-order chi connectivity index (χ1) is 14.0. The van der Waals surface area contributed by atoms with Crippen LogP contribution >= 0.6 is 0 Å². The Hall–Kier alpha value is -3.22. The zero-order valence-corrected chi connectivity index (χ0v) is 16.0. The SMILES string of the molecule is O=C(OCCCC1=NC2(CCc3ccc([N+](=O)[O-])cc3C2)CO1)c1ccccc1. The molecule has 2 aliphatic rings. The standard InChI is InChI=1S/C22H22N2O5/c25-21(17-5-2-1-3-6-17)28-12-4-7-20-23-22(15-29-20)11-10-16-8-9-19(24(26)27)13-18(16)14-22/h1-3,5-6,8-9,13H,4,7,10-12,14-15H2. The number of nitro groups is 1. The number of benzene rings is 2. The third-order valence-electron chi connectivity index (χ3n) is 5.43. The van der Waals surface area contributed by atoms with Gasteiger partial charge in [0.05, 0.1) is 17.1 Å². The predicted octanol–water partition coefficient (Wildman–Crippen LogP) is 3.89. The fourth-order valence-electron chi connectivity index (χ4n) is 3.88. The number of carbonyl (C=O) groups is 1. The third-order valence-corrected chi connectivity index (χ3v) is 5.43. The van der Waals surface area contributed by atoms with Gasteiger partial charge in [-0.1, -0.05) is 24.3 Å². The Morgan fingerprint density at radius 2 is 2.03 bits per heavy atom. The van der Waals surface area contributed by atoms with Crippen LogP contribution in [0.1, 0.15) is 40.7 Å². The summed E-state index contributed by atoms with van der Waals surface area (Å²) >= 11 is 0. The predicted molar refractivity (Wildman–Crippen MR) is 107 cm³/mol. The summed E-state index contributed by atoms with van der Waals surface area (Å²) in [5, 5.41) is 11.1. The summed E-state index contributed by atoms with van der Waals surface area (Å²) in [7, 11) is 0. The Balaban J connectivity index is 1.32. The quantitative estimate of drug-likeness (QED) is 0.321. The van der Waals surface area contributed by atoms with Gasteiger partial charge in [-0.25, -0.2) is 9.79 Å². The molecule has 1 atom stereocenters.